The Hall–Kier alpha value is -2.55. The van der Waals surface area contributed by atoms with Crippen LogP contribution < -0.4 is 10.1 Å². The third kappa shape index (κ3) is 6.72. The van der Waals surface area contributed by atoms with Crippen LogP contribution in [0.4, 0.5) is 0 Å². The Labute approximate surface area is 207 Å². The summed E-state index contributed by atoms with van der Waals surface area (Å²) in [7, 11) is 1.84. The normalized spacial score (nSPS) is 14.7. The van der Waals surface area contributed by atoms with E-state index >= 15 is 0 Å². The van der Waals surface area contributed by atoms with Crippen molar-refractivity contribution in [1.82, 2.24) is 19.8 Å². The molecular formula is C25H32IN5O. The van der Waals surface area contributed by atoms with Gasteiger partial charge < -0.3 is 19.5 Å². The number of nitrogens with zero attached hydrogens (tertiary/aromatic N) is 4. The lowest BCUT2D eigenvalue weighted by Crippen LogP contribution is -2.47. The zero-order chi connectivity index (χ0) is 21.3. The first-order chi connectivity index (χ1) is 15.3. The number of rotatable bonds is 7. The molecule has 0 unspecified atom stereocenters. The molecule has 1 aromatic heterocycles. The van der Waals surface area contributed by atoms with Crippen molar-refractivity contribution in [1.29, 1.82) is 0 Å². The third-order valence-electron chi connectivity index (χ3n) is 5.69. The van der Waals surface area contributed by atoms with Gasteiger partial charge in [-0.25, -0.2) is 4.98 Å². The van der Waals surface area contributed by atoms with Crippen LogP contribution in [0.2, 0.25) is 0 Å². The van der Waals surface area contributed by atoms with Crippen LogP contribution >= 0.6 is 24.0 Å². The minimum absolute atomic E-state index is 0. The van der Waals surface area contributed by atoms with Crippen LogP contribution in [-0.4, -0.2) is 46.7 Å². The summed E-state index contributed by atoms with van der Waals surface area (Å²) in [5.41, 5.74) is 1.34. The molecule has 32 heavy (non-hydrogen) atoms. The summed E-state index contributed by atoms with van der Waals surface area (Å²) >= 11 is 0. The quantitative estimate of drug-likeness (QED) is 0.273. The lowest BCUT2D eigenvalue weighted by Gasteiger charge is -2.34. The summed E-state index contributed by atoms with van der Waals surface area (Å²) in [4.78, 5) is 11.4. The van der Waals surface area contributed by atoms with Crippen LogP contribution in [0.25, 0.3) is 0 Å². The number of likely N-dealkylation sites (tertiary alicyclic amines) is 1. The highest BCUT2D eigenvalue weighted by atomic mass is 127. The maximum absolute atomic E-state index is 6.11. The standard InChI is InChI=1S/C25H31N5O.HI/c1-26-25(30-17-13-23(14-18-30)31-22-10-6-3-7-11-22)28-20-24-27-15-19-29(24)16-12-21-8-4-2-5-9-21;/h2-11,15,19,23H,12-14,16-18,20H2,1H3,(H,26,28);1H. The zero-order valence-corrected chi connectivity index (χ0v) is 20.9. The molecule has 0 amide bonds. The number of para-hydroxylation sites is 1. The maximum Gasteiger partial charge on any atom is 0.194 e. The first-order valence-corrected chi connectivity index (χ1v) is 11.0. The lowest BCUT2D eigenvalue weighted by atomic mass is 10.1. The molecule has 1 aliphatic rings. The molecule has 170 valence electrons. The molecule has 2 aromatic carbocycles. The molecule has 6 nitrogen and oxygen atoms in total. The van der Waals surface area contributed by atoms with Crippen LogP contribution in [0, 0.1) is 0 Å². The number of aliphatic imine (C=N–C) groups is 1. The average Bonchev–Trinajstić information content (AvgIpc) is 3.28. The van der Waals surface area contributed by atoms with Crippen LogP contribution in [0.3, 0.4) is 0 Å². The molecular weight excluding hydrogens is 513 g/mol. The molecule has 4 rings (SSSR count). The first-order valence-electron chi connectivity index (χ1n) is 11.0. The van der Waals surface area contributed by atoms with E-state index in [9.17, 15) is 0 Å². The van der Waals surface area contributed by atoms with E-state index < -0.39 is 0 Å². The van der Waals surface area contributed by atoms with Crippen molar-refractivity contribution in [2.24, 2.45) is 4.99 Å². The first kappa shape index (κ1) is 24.1. The monoisotopic (exact) mass is 545 g/mol. The summed E-state index contributed by atoms with van der Waals surface area (Å²) in [6, 6.07) is 20.6. The van der Waals surface area contributed by atoms with E-state index in [1.54, 1.807) is 0 Å². The lowest BCUT2D eigenvalue weighted by molar-refractivity contribution is 0.129. The second-order valence-electron chi connectivity index (χ2n) is 7.79. The second-order valence-corrected chi connectivity index (χ2v) is 7.79. The number of aromatic nitrogens is 2. The summed E-state index contributed by atoms with van der Waals surface area (Å²) in [6.07, 6.45) is 7.15. The van der Waals surface area contributed by atoms with E-state index in [1.807, 2.05) is 43.6 Å². The number of benzene rings is 2. The Morgan fingerprint density at radius 2 is 1.75 bits per heavy atom. The van der Waals surface area contributed by atoms with Crippen molar-refractivity contribution in [3.63, 3.8) is 0 Å². The van der Waals surface area contributed by atoms with Gasteiger partial charge in [-0.15, -0.1) is 24.0 Å². The van der Waals surface area contributed by atoms with E-state index in [1.165, 1.54) is 5.56 Å². The molecule has 3 aromatic rings. The highest BCUT2D eigenvalue weighted by Gasteiger charge is 2.22. The van der Waals surface area contributed by atoms with Crippen molar-refractivity contribution in [3.8, 4) is 5.75 Å². The highest BCUT2D eigenvalue weighted by Crippen LogP contribution is 2.18. The fraction of sp³-hybridized carbons (Fsp3) is 0.360. The molecule has 0 radical (unpaired) electrons. The van der Waals surface area contributed by atoms with Gasteiger partial charge >= 0.3 is 0 Å². The van der Waals surface area contributed by atoms with E-state index in [0.29, 0.717) is 6.54 Å². The SMILES string of the molecule is CN=C(NCc1nccn1CCc1ccccc1)N1CCC(Oc2ccccc2)CC1.I. The van der Waals surface area contributed by atoms with Crippen molar-refractivity contribution < 1.29 is 4.74 Å². The number of halogens is 1. The molecule has 1 N–H and O–H groups in total. The molecule has 0 atom stereocenters. The number of nitrogens with one attached hydrogen (secondary N) is 1. The topological polar surface area (TPSA) is 54.7 Å². The van der Waals surface area contributed by atoms with Crippen LogP contribution in [0.15, 0.2) is 78.0 Å². The number of hydrogen-bond acceptors (Lipinski definition) is 3. The third-order valence-corrected chi connectivity index (χ3v) is 5.69. The smallest absolute Gasteiger partial charge is 0.194 e. The average molecular weight is 545 g/mol. The van der Waals surface area contributed by atoms with Crippen molar-refractivity contribution in [2.45, 2.75) is 38.5 Å². The molecule has 0 saturated carbocycles. The van der Waals surface area contributed by atoms with Gasteiger partial charge in [0.25, 0.3) is 0 Å². The van der Waals surface area contributed by atoms with Crippen LogP contribution in [0.5, 0.6) is 5.75 Å². The fourth-order valence-corrected chi connectivity index (χ4v) is 3.97. The zero-order valence-electron chi connectivity index (χ0n) is 18.6. The van der Waals surface area contributed by atoms with Gasteiger partial charge in [-0.1, -0.05) is 48.5 Å². The van der Waals surface area contributed by atoms with E-state index in [0.717, 1.165) is 56.4 Å². The minimum atomic E-state index is 0. The number of imidazole rings is 1. The Balaban J connectivity index is 0.00000289. The summed E-state index contributed by atoms with van der Waals surface area (Å²) < 4.78 is 8.33. The van der Waals surface area contributed by atoms with Gasteiger partial charge in [-0.3, -0.25) is 4.99 Å². The van der Waals surface area contributed by atoms with E-state index in [2.05, 4.69) is 61.3 Å². The summed E-state index contributed by atoms with van der Waals surface area (Å²) in [5.74, 6) is 2.90. The Morgan fingerprint density at radius 3 is 2.44 bits per heavy atom. The van der Waals surface area contributed by atoms with Crippen molar-refractivity contribution >= 4 is 29.9 Å². The molecule has 2 heterocycles. The van der Waals surface area contributed by atoms with E-state index in [4.69, 9.17) is 4.74 Å². The second kappa shape index (κ2) is 12.5. The van der Waals surface area contributed by atoms with Gasteiger partial charge in [0.15, 0.2) is 5.96 Å². The predicted octanol–water partition coefficient (Wildman–Crippen LogP) is 4.36. The van der Waals surface area contributed by atoms with Gasteiger partial charge in [-0.2, -0.15) is 0 Å². The summed E-state index contributed by atoms with van der Waals surface area (Å²) in [5, 5.41) is 3.50. The van der Waals surface area contributed by atoms with Gasteiger partial charge in [0, 0.05) is 51.9 Å². The number of piperidine rings is 1. The minimum Gasteiger partial charge on any atom is -0.490 e. The fourth-order valence-electron chi connectivity index (χ4n) is 3.97. The van der Waals surface area contributed by atoms with Gasteiger partial charge in [0.2, 0.25) is 0 Å². The molecule has 1 fully saturated rings. The van der Waals surface area contributed by atoms with Gasteiger partial charge in [-0.05, 0) is 24.1 Å². The number of aryl methyl sites for hydroxylation is 2. The van der Waals surface area contributed by atoms with Crippen molar-refractivity contribution in [3.05, 3.63) is 84.4 Å². The van der Waals surface area contributed by atoms with E-state index in [-0.39, 0.29) is 30.1 Å². The Morgan fingerprint density at radius 1 is 1.06 bits per heavy atom. The number of ether oxygens (including phenoxy) is 1. The largest absolute Gasteiger partial charge is 0.490 e. The van der Waals surface area contributed by atoms with Crippen molar-refractivity contribution in [2.75, 3.05) is 20.1 Å². The molecule has 0 bridgehead atoms. The van der Waals surface area contributed by atoms with Crippen LogP contribution in [0.1, 0.15) is 24.2 Å². The Kier molecular flexibility index (Phi) is 9.40. The molecule has 0 aliphatic carbocycles. The van der Waals surface area contributed by atoms with Crippen LogP contribution in [-0.2, 0) is 19.5 Å². The van der Waals surface area contributed by atoms with Gasteiger partial charge in [0.05, 0.1) is 6.54 Å². The molecule has 0 spiro atoms. The predicted molar refractivity (Wildman–Crippen MR) is 140 cm³/mol. The molecule has 1 aliphatic heterocycles. The maximum atomic E-state index is 6.11. The Bertz CT molecular complexity index is 953. The molecule has 1 saturated heterocycles. The highest BCUT2D eigenvalue weighted by molar-refractivity contribution is 14.0. The number of hydrogen-bond donors (Lipinski definition) is 1. The summed E-state index contributed by atoms with van der Waals surface area (Å²) in [6.45, 7) is 3.44. The number of guanidine groups is 1. The molecule has 7 heteroatoms. The van der Waals surface area contributed by atoms with Gasteiger partial charge in [0.1, 0.15) is 17.7 Å².